The van der Waals surface area contributed by atoms with Gasteiger partial charge >= 0.3 is 0 Å². The molecule has 1 aromatic heterocycles. The van der Waals surface area contributed by atoms with Crippen molar-refractivity contribution < 1.29 is 0 Å². The van der Waals surface area contributed by atoms with Crippen molar-refractivity contribution in [1.29, 1.82) is 5.26 Å². The summed E-state index contributed by atoms with van der Waals surface area (Å²) in [5.41, 5.74) is 0.456. The van der Waals surface area contributed by atoms with Crippen LogP contribution in [0.5, 0.6) is 0 Å². The summed E-state index contributed by atoms with van der Waals surface area (Å²) in [4.78, 5) is 4.11. The number of nitrogens with one attached hydrogen (secondary N) is 2. The zero-order chi connectivity index (χ0) is 9.10. The minimum atomic E-state index is 0.456. The lowest BCUT2D eigenvalue weighted by molar-refractivity contribution is 0.471. The molecule has 1 aliphatic rings. The van der Waals surface area contributed by atoms with E-state index in [2.05, 4.69) is 15.6 Å². The molecule has 0 aliphatic carbocycles. The van der Waals surface area contributed by atoms with Gasteiger partial charge in [-0.05, 0) is 12.1 Å². The third kappa shape index (κ3) is 1.76. The highest BCUT2D eigenvalue weighted by Gasteiger charge is 2.16. The summed E-state index contributed by atoms with van der Waals surface area (Å²) in [6.07, 6.45) is 0. The average molecular weight is 174 g/mol. The van der Waals surface area contributed by atoms with Crippen LogP contribution in [0.25, 0.3) is 0 Å². The quantitative estimate of drug-likeness (QED) is 0.678. The van der Waals surface area contributed by atoms with E-state index in [4.69, 9.17) is 5.26 Å². The van der Waals surface area contributed by atoms with Gasteiger partial charge in [0.2, 0.25) is 0 Å². The summed E-state index contributed by atoms with van der Waals surface area (Å²) < 4.78 is 0. The molecule has 2 N–H and O–H groups in total. The van der Waals surface area contributed by atoms with E-state index in [1.807, 2.05) is 18.2 Å². The van der Waals surface area contributed by atoms with Crippen LogP contribution in [-0.4, -0.2) is 24.1 Å². The van der Waals surface area contributed by atoms with Crippen LogP contribution in [0, 0.1) is 11.3 Å². The predicted octanol–water partition coefficient (Wildman–Crippen LogP) is 0.337. The molecule has 66 valence electrons. The van der Waals surface area contributed by atoms with Crippen molar-refractivity contribution in [3.05, 3.63) is 23.9 Å². The molecular weight excluding hydrogens is 164 g/mol. The normalized spacial score (nSPS) is 15.9. The Bertz CT molecular complexity index is 338. The Balaban J connectivity index is 2.07. The lowest BCUT2D eigenvalue weighted by atomic mass is 10.2. The van der Waals surface area contributed by atoms with E-state index >= 15 is 0 Å². The second-order valence-electron chi connectivity index (χ2n) is 3.02. The molecule has 4 heteroatoms. The van der Waals surface area contributed by atoms with Gasteiger partial charge in [-0.15, -0.1) is 0 Å². The van der Waals surface area contributed by atoms with Crippen LogP contribution >= 0.6 is 0 Å². The van der Waals surface area contributed by atoms with E-state index in [1.165, 1.54) is 0 Å². The largest absolute Gasteiger partial charge is 0.365 e. The van der Waals surface area contributed by atoms with Gasteiger partial charge in [-0.25, -0.2) is 4.98 Å². The van der Waals surface area contributed by atoms with E-state index in [1.54, 1.807) is 6.07 Å². The highest BCUT2D eigenvalue weighted by atomic mass is 15.1. The van der Waals surface area contributed by atoms with Gasteiger partial charge in [0.25, 0.3) is 0 Å². The van der Waals surface area contributed by atoms with Crippen LogP contribution in [-0.2, 0) is 0 Å². The first-order valence-corrected chi connectivity index (χ1v) is 4.23. The number of aromatic nitrogens is 1. The number of nitriles is 1. The molecule has 0 radical (unpaired) electrons. The zero-order valence-corrected chi connectivity index (χ0v) is 7.12. The predicted molar refractivity (Wildman–Crippen MR) is 49.2 cm³/mol. The van der Waals surface area contributed by atoms with Gasteiger partial charge in [-0.1, -0.05) is 6.07 Å². The minimum Gasteiger partial charge on any atom is -0.365 e. The Hall–Kier alpha value is -1.60. The first-order valence-electron chi connectivity index (χ1n) is 4.23. The van der Waals surface area contributed by atoms with Gasteiger partial charge in [-0.3, -0.25) is 0 Å². The van der Waals surface area contributed by atoms with Gasteiger partial charge in [0, 0.05) is 13.1 Å². The topological polar surface area (TPSA) is 60.7 Å². The summed E-state index contributed by atoms with van der Waals surface area (Å²) in [6, 6.07) is 7.88. The molecule has 2 rings (SSSR count). The monoisotopic (exact) mass is 174 g/mol. The van der Waals surface area contributed by atoms with Crippen LogP contribution in [0.2, 0.25) is 0 Å². The molecule has 1 fully saturated rings. The van der Waals surface area contributed by atoms with E-state index in [0.717, 1.165) is 18.9 Å². The third-order valence-corrected chi connectivity index (χ3v) is 2.00. The van der Waals surface area contributed by atoms with Gasteiger partial charge < -0.3 is 10.6 Å². The number of hydrogen-bond donors (Lipinski definition) is 2. The standard InChI is InChI=1S/C9H10N4/c10-4-7-2-1-3-9(12-7)13-8-5-11-6-8/h1-3,8,11H,5-6H2,(H,12,13). The maximum atomic E-state index is 8.61. The fourth-order valence-corrected chi connectivity index (χ4v) is 1.18. The van der Waals surface area contributed by atoms with Crippen molar-refractivity contribution in [2.24, 2.45) is 0 Å². The molecule has 1 aliphatic heterocycles. The fourth-order valence-electron chi connectivity index (χ4n) is 1.18. The molecule has 0 amide bonds. The minimum absolute atomic E-state index is 0.456. The van der Waals surface area contributed by atoms with Crippen LogP contribution in [0.1, 0.15) is 5.69 Å². The smallest absolute Gasteiger partial charge is 0.142 e. The maximum absolute atomic E-state index is 8.61. The van der Waals surface area contributed by atoms with Gasteiger partial charge in [0.05, 0.1) is 6.04 Å². The highest BCUT2D eigenvalue weighted by molar-refractivity contribution is 5.39. The summed E-state index contributed by atoms with van der Waals surface area (Å²) in [5, 5.41) is 15.0. The lowest BCUT2D eigenvalue weighted by Crippen LogP contribution is -2.51. The molecule has 0 bridgehead atoms. The Morgan fingerprint density at radius 1 is 1.54 bits per heavy atom. The van der Waals surface area contributed by atoms with Gasteiger partial charge in [0.15, 0.2) is 0 Å². The molecule has 2 heterocycles. The number of rotatable bonds is 2. The van der Waals surface area contributed by atoms with Crippen molar-refractivity contribution in [1.82, 2.24) is 10.3 Å². The van der Waals surface area contributed by atoms with Crippen LogP contribution in [0.3, 0.4) is 0 Å². The van der Waals surface area contributed by atoms with Crippen molar-refractivity contribution in [2.45, 2.75) is 6.04 Å². The zero-order valence-electron chi connectivity index (χ0n) is 7.12. The summed E-state index contributed by atoms with van der Waals surface area (Å²) >= 11 is 0. The first kappa shape index (κ1) is 8.02. The van der Waals surface area contributed by atoms with Crippen LogP contribution in [0.4, 0.5) is 5.82 Å². The number of nitrogens with zero attached hydrogens (tertiary/aromatic N) is 2. The van der Waals surface area contributed by atoms with Crippen molar-refractivity contribution in [3.63, 3.8) is 0 Å². The first-order chi connectivity index (χ1) is 6.38. The highest BCUT2D eigenvalue weighted by Crippen LogP contribution is 2.07. The van der Waals surface area contributed by atoms with Crippen molar-refractivity contribution >= 4 is 5.82 Å². The number of hydrogen-bond acceptors (Lipinski definition) is 4. The van der Waals surface area contributed by atoms with Crippen LogP contribution < -0.4 is 10.6 Å². The summed E-state index contributed by atoms with van der Waals surface area (Å²) in [7, 11) is 0. The Morgan fingerprint density at radius 3 is 3.00 bits per heavy atom. The molecule has 13 heavy (non-hydrogen) atoms. The van der Waals surface area contributed by atoms with Crippen molar-refractivity contribution in [3.8, 4) is 6.07 Å². The number of pyridine rings is 1. The summed E-state index contributed by atoms with van der Waals surface area (Å²) in [6.45, 7) is 1.94. The van der Waals surface area contributed by atoms with E-state index < -0.39 is 0 Å². The molecular formula is C9H10N4. The van der Waals surface area contributed by atoms with E-state index in [-0.39, 0.29) is 0 Å². The molecule has 0 unspecified atom stereocenters. The molecule has 0 atom stereocenters. The van der Waals surface area contributed by atoms with E-state index in [0.29, 0.717) is 11.7 Å². The fraction of sp³-hybridized carbons (Fsp3) is 0.333. The number of anilines is 1. The van der Waals surface area contributed by atoms with Crippen molar-refractivity contribution in [2.75, 3.05) is 18.4 Å². The second-order valence-corrected chi connectivity index (χ2v) is 3.02. The Kier molecular flexibility index (Phi) is 2.11. The molecule has 0 aromatic carbocycles. The van der Waals surface area contributed by atoms with E-state index in [9.17, 15) is 0 Å². The molecule has 1 saturated heterocycles. The Labute approximate surface area is 76.6 Å². The third-order valence-electron chi connectivity index (χ3n) is 2.00. The SMILES string of the molecule is N#Cc1cccc(NC2CNC2)n1. The molecule has 4 nitrogen and oxygen atoms in total. The molecule has 0 spiro atoms. The Morgan fingerprint density at radius 2 is 2.38 bits per heavy atom. The maximum Gasteiger partial charge on any atom is 0.142 e. The second kappa shape index (κ2) is 3.42. The lowest BCUT2D eigenvalue weighted by Gasteiger charge is -2.28. The summed E-state index contributed by atoms with van der Waals surface area (Å²) in [5.74, 6) is 0.783. The molecule has 1 aromatic rings. The molecule has 0 saturated carbocycles. The van der Waals surface area contributed by atoms with Gasteiger partial charge in [-0.2, -0.15) is 5.26 Å². The van der Waals surface area contributed by atoms with Gasteiger partial charge in [0.1, 0.15) is 17.6 Å². The average Bonchev–Trinajstić information content (AvgIpc) is 2.12. The van der Waals surface area contributed by atoms with Crippen LogP contribution in [0.15, 0.2) is 18.2 Å².